The minimum Gasteiger partial charge on any atom is -0.497 e. The summed E-state index contributed by atoms with van der Waals surface area (Å²) in [6.07, 6.45) is 0.619. The Hall–Kier alpha value is -3.36. The molecule has 0 saturated heterocycles. The average Bonchev–Trinajstić information content (AvgIpc) is 2.82. The molecule has 1 amide bonds. The van der Waals surface area contributed by atoms with Crippen molar-refractivity contribution in [2.24, 2.45) is 0 Å². The molecule has 1 heterocycles. The second kappa shape index (κ2) is 9.64. The zero-order chi connectivity index (χ0) is 23.4. The standard InChI is InChI=1S/C25H26N2O5S/c1-18-6-10-24(11-7-18)33(29,30)27-13-12-19-8-9-21(14-20(19)16-27)26-25(28)17-32-23-5-3-4-22(15-23)31-2/h3-11,14-15H,12-13,16-17H2,1-2H3,(H,26,28). The number of hydrogen-bond donors (Lipinski definition) is 1. The van der Waals surface area contributed by atoms with Gasteiger partial charge < -0.3 is 14.8 Å². The van der Waals surface area contributed by atoms with Crippen molar-refractivity contribution in [3.05, 3.63) is 83.4 Å². The van der Waals surface area contributed by atoms with E-state index in [1.54, 1.807) is 55.6 Å². The zero-order valence-electron chi connectivity index (χ0n) is 18.6. The van der Waals surface area contributed by atoms with E-state index in [4.69, 9.17) is 9.47 Å². The molecule has 4 rings (SSSR count). The molecule has 33 heavy (non-hydrogen) atoms. The van der Waals surface area contributed by atoms with E-state index in [0.29, 0.717) is 30.2 Å². The van der Waals surface area contributed by atoms with Crippen LogP contribution in [0.4, 0.5) is 5.69 Å². The summed E-state index contributed by atoms with van der Waals surface area (Å²) >= 11 is 0. The summed E-state index contributed by atoms with van der Waals surface area (Å²) in [5.74, 6) is 0.873. The molecule has 0 unspecified atom stereocenters. The number of methoxy groups -OCH3 is 1. The molecule has 1 aliphatic heterocycles. The van der Waals surface area contributed by atoms with Crippen LogP contribution in [0.1, 0.15) is 16.7 Å². The first-order valence-corrected chi connectivity index (χ1v) is 12.0. The molecule has 0 radical (unpaired) electrons. The van der Waals surface area contributed by atoms with Crippen LogP contribution >= 0.6 is 0 Å². The third-order valence-electron chi connectivity index (χ3n) is 5.54. The van der Waals surface area contributed by atoms with Gasteiger partial charge in [-0.1, -0.05) is 29.8 Å². The molecule has 0 aromatic heterocycles. The summed E-state index contributed by atoms with van der Waals surface area (Å²) in [5, 5.41) is 2.82. The molecule has 7 nitrogen and oxygen atoms in total. The highest BCUT2D eigenvalue weighted by atomic mass is 32.2. The summed E-state index contributed by atoms with van der Waals surface area (Å²) in [6.45, 7) is 2.45. The smallest absolute Gasteiger partial charge is 0.262 e. The topological polar surface area (TPSA) is 84.9 Å². The molecule has 0 spiro atoms. The van der Waals surface area contributed by atoms with E-state index in [1.165, 1.54) is 4.31 Å². The van der Waals surface area contributed by atoms with Crippen LogP contribution in [0, 0.1) is 6.92 Å². The number of carbonyl (C=O) groups excluding carboxylic acids is 1. The number of rotatable bonds is 7. The van der Waals surface area contributed by atoms with Crippen molar-refractivity contribution in [3.63, 3.8) is 0 Å². The van der Waals surface area contributed by atoms with Gasteiger partial charge in [0, 0.05) is 24.8 Å². The van der Waals surface area contributed by atoms with Crippen LogP contribution < -0.4 is 14.8 Å². The fraction of sp³-hybridized carbons (Fsp3) is 0.240. The lowest BCUT2D eigenvalue weighted by molar-refractivity contribution is -0.118. The first kappa shape index (κ1) is 22.8. The van der Waals surface area contributed by atoms with Gasteiger partial charge in [-0.2, -0.15) is 4.31 Å². The summed E-state index contributed by atoms with van der Waals surface area (Å²) in [7, 11) is -2.02. The third-order valence-corrected chi connectivity index (χ3v) is 7.40. The van der Waals surface area contributed by atoms with Gasteiger partial charge in [0.25, 0.3) is 5.91 Å². The third kappa shape index (κ3) is 5.35. The van der Waals surface area contributed by atoms with Crippen LogP contribution in [0.25, 0.3) is 0 Å². The Labute approximate surface area is 194 Å². The van der Waals surface area contributed by atoms with Crippen LogP contribution in [0.15, 0.2) is 71.6 Å². The van der Waals surface area contributed by atoms with Gasteiger partial charge in [-0.05, 0) is 60.9 Å². The highest BCUT2D eigenvalue weighted by Gasteiger charge is 2.28. The van der Waals surface area contributed by atoms with E-state index < -0.39 is 10.0 Å². The van der Waals surface area contributed by atoms with Crippen molar-refractivity contribution in [1.29, 1.82) is 0 Å². The van der Waals surface area contributed by atoms with Gasteiger partial charge in [0.2, 0.25) is 10.0 Å². The minimum absolute atomic E-state index is 0.155. The van der Waals surface area contributed by atoms with Gasteiger partial charge in [-0.25, -0.2) is 8.42 Å². The molecule has 1 N–H and O–H groups in total. The van der Waals surface area contributed by atoms with Gasteiger partial charge in [-0.15, -0.1) is 0 Å². The maximum atomic E-state index is 13.1. The molecule has 172 valence electrons. The fourth-order valence-corrected chi connectivity index (χ4v) is 5.13. The highest BCUT2D eigenvalue weighted by molar-refractivity contribution is 7.89. The van der Waals surface area contributed by atoms with Crippen molar-refractivity contribution in [2.75, 3.05) is 25.6 Å². The number of ether oxygens (including phenoxy) is 2. The molecule has 0 fully saturated rings. The first-order valence-electron chi connectivity index (χ1n) is 10.6. The minimum atomic E-state index is -3.59. The van der Waals surface area contributed by atoms with Gasteiger partial charge >= 0.3 is 0 Å². The van der Waals surface area contributed by atoms with E-state index in [2.05, 4.69) is 5.32 Å². The summed E-state index contributed by atoms with van der Waals surface area (Å²) < 4.78 is 38.3. The Morgan fingerprint density at radius 3 is 2.52 bits per heavy atom. The number of sulfonamides is 1. The molecule has 8 heteroatoms. The van der Waals surface area contributed by atoms with Crippen LogP contribution in [-0.2, 0) is 27.8 Å². The Morgan fingerprint density at radius 1 is 1.00 bits per heavy atom. The Bertz CT molecular complexity index is 1260. The second-order valence-corrected chi connectivity index (χ2v) is 9.84. The predicted molar refractivity (Wildman–Crippen MR) is 126 cm³/mol. The molecular weight excluding hydrogens is 440 g/mol. The monoisotopic (exact) mass is 466 g/mol. The van der Waals surface area contributed by atoms with E-state index in [1.807, 2.05) is 25.1 Å². The predicted octanol–water partition coefficient (Wildman–Crippen LogP) is 3.77. The van der Waals surface area contributed by atoms with Crippen molar-refractivity contribution in [1.82, 2.24) is 4.31 Å². The summed E-state index contributed by atoms with van der Waals surface area (Å²) in [6, 6.07) is 19.5. The van der Waals surface area contributed by atoms with Crippen molar-refractivity contribution in [3.8, 4) is 11.5 Å². The highest BCUT2D eigenvalue weighted by Crippen LogP contribution is 2.27. The van der Waals surface area contributed by atoms with E-state index in [-0.39, 0.29) is 24.0 Å². The van der Waals surface area contributed by atoms with Gasteiger partial charge in [-0.3, -0.25) is 4.79 Å². The van der Waals surface area contributed by atoms with E-state index >= 15 is 0 Å². The maximum Gasteiger partial charge on any atom is 0.262 e. The normalized spacial score (nSPS) is 13.8. The van der Waals surface area contributed by atoms with Crippen molar-refractivity contribution < 1.29 is 22.7 Å². The molecule has 3 aromatic carbocycles. The zero-order valence-corrected chi connectivity index (χ0v) is 19.4. The van der Waals surface area contributed by atoms with Crippen LogP contribution in [0.5, 0.6) is 11.5 Å². The number of nitrogens with one attached hydrogen (secondary N) is 1. The number of anilines is 1. The molecular formula is C25H26N2O5S. The lowest BCUT2D eigenvalue weighted by Crippen LogP contribution is -2.36. The lowest BCUT2D eigenvalue weighted by Gasteiger charge is -2.28. The fourth-order valence-electron chi connectivity index (χ4n) is 3.71. The van der Waals surface area contributed by atoms with Crippen LogP contribution in [0.2, 0.25) is 0 Å². The number of amides is 1. The van der Waals surface area contributed by atoms with Crippen molar-refractivity contribution in [2.45, 2.75) is 24.8 Å². The Morgan fingerprint density at radius 2 is 1.76 bits per heavy atom. The largest absolute Gasteiger partial charge is 0.497 e. The Balaban J connectivity index is 1.42. The second-order valence-electron chi connectivity index (χ2n) is 7.90. The number of benzene rings is 3. The Kier molecular flexibility index (Phi) is 6.67. The van der Waals surface area contributed by atoms with Crippen molar-refractivity contribution >= 4 is 21.6 Å². The summed E-state index contributed by atoms with van der Waals surface area (Å²) in [4.78, 5) is 12.7. The van der Waals surface area contributed by atoms with Gasteiger partial charge in [0.15, 0.2) is 6.61 Å². The van der Waals surface area contributed by atoms with E-state index in [0.717, 1.165) is 16.7 Å². The van der Waals surface area contributed by atoms with Crippen LogP contribution in [0.3, 0.4) is 0 Å². The SMILES string of the molecule is COc1cccc(OCC(=O)Nc2ccc3c(c2)CN(S(=O)(=O)c2ccc(C)cc2)CC3)c1. The quantitative estimate of drug-likeness (QED) is 0.573. The van der Waals surface area contributed by atoms with Gasteiger partial charge in [0.1, 0.15) is 11.5 Å². The molecule has 0 aliphatic carbocycles. The molecule has 1 aliphatic rings. The number of aryl methyl sites for hydroxylation is 1. The lowest BCUT2D eigenvalue weighted by atomic mass is 10.0. The van der Waals surface area contributed by atoms with Gasteiger partial charge in [0.05, 0.1) is 12.0 Å². The number of nitrogens with zero attached hydrogens (tertiary/aromatic N) is 1. The van der Waals surface area contributed by atoms with Crippen LogP contribution in [-0.4, -0.2) is 38.9 Å². The summed E-state index contributed by atoms with van der Waals surface area (Å²) in [5.41, 5.74) is 3.57. The number of hydrogen-bond acceptors (Lipinski definition) is 5. The molecule has 0 saturated carbocycles. The average molecular weight is 467 g/mol. The first-order chi connectivity index (χ1) is 15.8. The number of fused-ring (bicyclic) bond motifs is 1. The number of carbonyl (C=O) groups is 1. The van der Waals surface area contributed by atoms with E-state index in [9.17, 15) is 13.2 Å². The molecule has 3 aromatic rings. The maximum absolute atomic E-state index is 13.1. The molecule has 0 atom stereocenters. The molecule has 0 bridgehead atoms.